The number of hydrogen-bond acceptors (Lipinski definition) is 3. The fourth-order valence-corrected chi connectivity index (χ4v) is 2.08. The molecule has 0 saturated carbocycles. The van der Waals surface area contributed by atoms with Crippen LogP contribution in [0.5, 0.6) is 5.75 Å². The number of carbonyl (C=O) groups excluding carboxylic acids is 1. The molecule has 1 atom stereocenters. The molecule has 0 radical (unpaired) electrons. The Hall–Kier alpha value is -1.82. The first-order valence-electron chi connectivity index (χ1n) is 6.34. The van der Waals surface area contributed by atoms with Gasteiger partial charge in [-0.25, -0.2) is 0 Å². The van der Waals surface area contributed by atoms with Crippen LogP contribution in [-0.2, 0) is 9.59 Å². The molecule has 1 rings (SSSR count). The van der Waals surface area contributed by atoms with Gasteiger partial charge in [0.25, 0.3) is 0 Å². The van der Waals surface area contributed by atoms with Crippen molar-refractivity contribution in [3.8, 4) is 5.75 Å². The van der Waals surface area contributed by atoms with Crippen LogP contribution >= 0.6 is 15.9 Å². The predicted molar refractivity (Wildman–Crippen MR) is 84.2 cm³/mol. The molecule has 1 N–H and O–H groups in total. The van der Waals surface area contributed by atoms with Crippen molar-refractivity contribution in [2.75, 3.05) is 20.7 Å². The Bertz CT molecular complexity index is 557. The van der Waals surface area contributed by atoms with Gasteiger partial charge in [-0.1, -0.05) is 22.9 Å². The molecule has 21 heavy (non-hydrogen) atoms. The third-order valence-electron chi connectivity index (χ3n) is 2.94. The van der Waals surface area contributed by atoms with Crippen molar-refractivity contribution in [3.63, 3.8) is 0 Å². The lowest BCUT2D eigenvalue weighted by atomic mass is 10.1. The fraction of sp³-hybridized carbons (Fsp3) is 0.333. The van der Waals surface area contributed by atoms with Crippen molar-refractivity contribution in [1.82, 2.24) is 4.90 Å². The Morgan fingerprint density at radius 3 is 2.71 bits per heavy atom. The molecule has 0 aliphatic heterocycles. The van der Waals surface area contributed by atoms with Gasteiger partial charge in [-0.05, 0) is 24.3 Å². The molecule has 0 spiro atoms. The highest BCUT2D eigenvalue weighted by Crippen LogP contribution is 2.24. The smallest absolute Gasteiger partial charge is 0.308 e. The number of carbonyl (C=O) groups is 2. The van der Waals surface area contributed by atoms with Crippen LogP contribution in [0.3, 0.4) is 0 Å². The van der Waals surface area contributed by atoms with E-state index < -0.39 is 11.9 Å². The summed E-state index contributed by atoms with van der Waals surface area (Å²) in [6.07, 6.45) is 3.05. The number of rotatable bonds is 6. The summed E-state index contributed by atoms with van der Waals surface area (Å²) in [6, 6.07) is 5.48. The Morgan fingerprint density at radius 1 is 1.48 bits per heavy atom. The minimum absolute atomic E-state index is 0.161. The number of benzene rings is 1. The van der Waals surface area contributed by atoms with Gasteiger partial charge in [0, 0.05) is 29.7 Å². The van der Waals surface area contributed by atoms with E-state index in [4.69, 9.17) is 9.84 Å². The molecule has 0 aromatic heterocycles. The number of nitrogens with zero attached hydrogens (tertiary/aromatic N) is 1. The lowest BCUT2D eigenvalue weighted by Crippen LogP contribution is -2.32. The average molecular weight is 356 g/mol. The van der Waals surface area contributed by atoms with E-state index in [0.717, 1.165) is 10.0 Å². The number of aliphatic carboxylic acids is 1. The second kappa shape index (κ2) is 7.83. The van der Waals surface area contributed by atoms with Crippen molar-refractivity contribution in [1.29, 1.82) is 0 Å². The summed E-state index contributed by atoms with van der Waals surface area (Å²) in [4.78, 5) is 24.1. The number of amides is 1. The van der Waals surface area contributed by atoms with E-state index in [9.17, 15) is 9.59 Å². The van der Waals surface area contributed by atoms with Gasteiger partial charge >= 0.3 is 5.97 Å². The van der Waals surface area contributed by atoms with Gasteiger partial charge in [0.1, 0.15) is 5.75 Å². The Morgan fingerprint density at radius 2 is 2.14 bits per heavy atom. The van der Waals surface area contributed by atoms with Gasteiger partial charge in [-0.15, -0.1) is 0 Å². The second-order valence-corrected chi connectivity index (χ2v) is 5.59. The predicted octanol–water partition coefficient (Wildman–Crippen LogP) is 2.65. The van der Waals surface area contributed by atoms with E-state index in [-0.39, 0.29) is 12.5 Å². The minimum Gasteiger partial charge on any atom is -0.496 e. The lowest BCUT2D eigenvalue weighted by molar-refractivity contribution is -0.142. The second-order valence-electron chi connectivity index (χ2n) is 4.68. The van der Waals surface area contributed by atoms with Gasteiger partial charge in [-0.3, -0.25) is 9.59 Å². The Kier molecular flexibility index (Phi) is 6.42. The topological polar surface area (TPSA) is 66.8 Å². The molecule has 0 saturated heterocycles. The van der Waals surface area contributed by atoms with Crippen molar-refractivity contribution in [3.05, 3.63) is 34.3 Å². The molecule has 5 nitrogen and oxygen atoms in total. The summed E-state index contributed by atoms with van der Waals surface area (Å²) in [5.41, 5.74) is 0.764. The summed E-state index contributed by atoms with van der Waals surface area (Å²) in [5, 5.41) is 8.84. The lowest BCUT2D eigenvalue weighted by Gasteiger charge is -2.17. The van der Waals surface area contributed by atoms with Crippen LogP contribution in [0, 0.1) is 5.92 Å². The van der Waals surface area contributed by atoms with E-state index in [0.29, 0.717) is 5.75 Å². The zero-order valence-corrected chi connectivity index (χ0v) is 13.8. The highest BCUT2D eigenvalue weighted by molar-refractivity contribution is 9.10. The molecule has 0 heterocycles. The SMILES string of the molecule is COc1ccc(Br)cc1C=CC(=O)N(C)CC(C)C(=O)O. The van der Waals surface area contributed by atoms with Crippen molar-refractivity contribution in [2.24, 2.45) is 5.92 Å². The van der Waals surface area contributed by atoms with Gasteiger partial charge < -0.3 is 14.7 Å². The van der Waals surface area contributed by atoms with Crippen LogP contribution in [0.1, 0.15) is 12.5 Å². The number of ether oxygens (including phenoxy) is 1. The van der Waals surface area contributed by atoms with E-state index >= 15 is 0 Å². The molecular weight excluding hydrogens is 338 g/mol. The molecule has 0 bridgehead atoms. The number of halogens is 1. The highest BCUT2D eigenvalue weighted by atomic mass is 79.9. The summed E-state index contributed by atoms with van der Waals surface area (Å²) in [5.74, 6) is -1.13. The molecule has 114 valence electrons. The third-order valence-corrected chi connectivity index (χ3v) is 3.44. The van der Waals surface area contributed by atoms with Gasteiger partial charge in [0.15, 0.2) is 0 Å². The molecule has 0 aliphatic carbocycles. The van der Waals surface area contributed by atoms with Gasteiger partial charge in [-0.2, -0.15) is 0 Å². The molecule has 1 aromatic carbocycles. The van der Waals surface area contributed by atoms with Crippen LogP contribution in [0.25, 0.3) is 6.08 Å². The van der Waals surface area contributed by atoms with Crippen LogP contribution in [-0.4, -0.2) is 42.6 Å². The zero-order valence-electron chi connectivity index (χ0n) is 12.2. The standard InChI is InChI=1S/C15H18BrNO4/c1-10(15(19)20)9-17(2)14(18)7-4-11-8-12(16)5-6-13(11)21-3/h4-8,10H,9H2,1-3H3,(H,19,20). The van der Waals surface area contributed by atoms with Gasteiger partial charge in [0.2, 0.25) is 5.91 Å². The first-order valence-corrected chi connectivity index (χ1v) is 7.14. The number of carboxylic acid groups (broad SMARTS) is 1. The first-order chi connectivity index (χ1) is 9.85. The number of likely N-dealkylation sites (N-methyl/N-ethyl adjacent to an activating group) is 1. The molecule has 1 unspecified atom stereocenters. The fourth-order valence-electron chi connectivity index (χ4n) is 1.70. The molecule has 1 aromatic rings. The first kappa shape index (κ1) is 17.2. The maximum Gasteiger partial charge on any atom is 0.308 e. The summed E-state index contributed by atoms with van der Waals surface area (Å²) < 4.78 is 6.09. The number of carboxylic acids is 1. The van der Waals surface area contributed by atoms with Gasteiger partial charge in [0.05, 0.1) is 13.0 Å². The van der Waals surface area contributed by atoms with Crippen molar-refractivity contribution >= 4 is 33.9 Å². The third kappa shape index (κ3) is 5.23. The van der Waals surface area contributed by atoms with E-state index in [1.165, 1.54) is 11.0 Å². The van der Waals surface area contributed by atoms with Crippen molar-refractivity contribution in [2.45, 2.75) is 6.92 Å². The van der Waals surface area contributed by atoms with Crippen molar-refractivity contribution < 1.29 is 19.4 Å². The summed E-state index contributed by atoms with van der Waals surface area (Å²) >= 11 is 3.36. The largest absolute Gasteiger partial charge is 0.496 e. The molecule has 1 amide bonds. The number of methoxy groups -OCH3 is 1. The Labute approximate surface area is 132 Å². The quantitative estimate of drug-likeness (QED) is 0.796. The average Bonchev–Trinajstić information content (AvgIpc) is 2.44. The van der Waals surface area contributed by atoms with E-state index in [2.05, 4.69) is 15.9 Å². The summed E-state index contributed by atoms with van der Waals surface area (Å²) in [6.45, 7) is 1.72. The highest BCUT2D eigenvalue weighted by Gasteiger charge is 2.15. The maximum atomic E-state index is 12.0. The molecule has 0 aliphatic rings. The van der Waals surface area contributed by atoms with Crippen LogP contribution < -0.4 is 4.74 Å². The molecule has 0 fully saturated rings. The summed E-state index contributed by atoms with van der Waals surface area (Å²) in [7, 11) is 3.13. The molecule has 6 heteroatoms. The monoisotopic (exact) mass is 355 g/mol. The molecular formula is C15H18BrNO4. The van der Waals surface area contributed by atoms with Crippen LogP contribution in [0.4, 0.5) is 0 Å². The van der Waals surface area contributed by atoms with E-state index in [1.54, 1.807) is 33.2 Å². The normalized spacial score (nSPS) is 12.2. The van der Waals surface area contributed by atoms with E-state index in [1.807, 2.05) is 12.1 Å². The van der Waals surface area contributed by atoms with Crippen LogP contribution in [0.15, 0.2) is 28.7 Å². The Balaban J connectivity index is 2.78. The maximum absolute atomic E-state index is 12.0. The van der Waals surface area contributed by atoms with Crippen LogP contribution in [0.2, 0.25) is 0 Å². The number of hydrogen-bond donors (Lipinski definition) is 1. The minimum atomic E-state index is -0.924. The zero-order chi connectivity index (χ0) is 16.0.